The molecular formula is C24H29NO5. The van der Waals surface area contributed by atoms with Crippen molar-refractivity contribution in [2.24, 2.45) is 0 Å². The van der Waals surface area contributed by atoms with Crippen molar-refractivity contribution in [2.45, 2.75) is 32.7 Å². The summed E-state index contributed by atoms with van der Waals surface area (Å²) in [5, 5.41) is 1.07. The molecule has 0 N–H and O–H groups in total. The van der Waals surface area contributed by atoms with Crippen LogP contribution in [-0.4, -0.2) is 39.2 Å². The quantitative estimate of drug-likeness (QED) is 0.514. The fourth-order valence-corrected chi connectivity index (χ4v) is 3.73. The summed E-state index contributed by atoms with van der Waals surface area (Å²) in [5.41, 5.74) is 2.84. The Hall–Kier alpha value is -3.15. The third-order valence-corrected chi connectivity index (χ3v) is 5.32. The number of furan rings is 1. The zero-order chi connectivity index (χ0) is 21.7. The van der Waals surface area contributed by atoms with E-state index in [4.69, 9.17) is 18.6 Å². The number of nitrogens with zero attached hydrogens (tertiary/aromatic N) is 1. The first kappa shape index (κ1) is 21.6. The summed E-state index contributed by atoms with van der Waals surface area (Å²) in [6.07, 6.45) is 1.69. The second kappa shape index (κ2) is 9.57. The van der Waals surface area contributed by atoms with Gasteiger partial charge in [0, 0.05) is 37.4 Å². The predicted octanol–water partition coefficient (Wildman–Crippen LogP) is 4.61. The molecule has 0 unspecified atom stereocenters. The number of rotatable bonds is 9. The Balaban J connectivity index is 1.73. The molecule has 6 nitrogen and oxygen atoms in total. The minimum Gasteiger partial charge on any atom is -0.493 e. The number of fused-ring (bicyclic) bond motifs is 1. The highest BCUT2D eigenvalue weighted by atomic mass is 16.5. The molecule has 0 atom stereocenters. The van der Waals surface area contributed by atoms with Gasteiger partial charge in [-0.3, -0.25) is 4.79 Å². The highest BCUT2D eigenvalue weighted by Gasteiger charge is 2.19. The first-order chi connectivity index (χ1) is 14.5. The Bertz CT molecular complexity index is 1020. The molecule has 2 aromatic carbocycles. The second-order valence-electron chi connectivity index (χ2n) is 7.10. The van der Waals surface area contributed by atoms with Crippen molar-refractivity contribution < 1.29 is 23.4 Å². The van der Waals surface area contributed by atoms with Gasteiger partial charge in [0.2, 0.25) is 11.7 Å². The molecule has 0 aliphatic rings. The third kappa shape index (κ3) is 4.22. The molecule has 0 spiro atoms. The zero-order valence-corrected chi connectivity index (χ0v) is 18.3. The Morgan fingerprint density at radius 3 is 2.40 bits per heavy atom. The van der Waals surface area contributed by atoms with E-state index in [-0.39, 0.29) is 5.91 Å². The van der Waals surface area contributed by atoms with Crippen molar-refractivity contribution >= 4 is 16.9 Å². The number of hydrogen-bond donors (Lipinski definition) is 0. The number of aryl methyl sites for hydroxylation is 2. The van der Waals surface area contributed by atoms with Gasteiger partial charge in [-0.05, 0) is 24.1 Å². The van der Waals surface area contributed by atoms with E-state index in [1.54, 1.807) is 26.2 Å². The molecule has 1 amide bonds. The highest BCUT2D eigenvalue weighted by molar-refractivity contribution is 5.83. The molecule has 160 valence electrons. The molecule has 1 aromatic heterocycles. The molecule has 0 radical (unpaired) electrons. The van der Waals surface area contributed by atoms with Crippen LogP contribution in [0.1, 0.15) is 30.2 Å². The van der Waals surface area contributed by atoms with E-state index in [0.717, 1.165) is 34.3 Å². The van der Waals surface area contributed by atoms with E-state index in [1.807, 2.05) is 43.4 Å². The number of carbonyl (C=O) groups is 1. The molecule has 0 bridgehead atoms. The van der Waals surface area contributed by atoms with Crippen molar-refractivity contribution in [2.75, 3.05) is 28.4 Å². The first-order valence-corrected chi connectivity index (χ1v) is 10.0. The maximum atomic E-state index is 12.9. The smallest absolute Gasteiger partial charge is 0.222 e. The second-order valence-corrected chi connectivity index (χ2v) is 7.10. The van der Waals surface area contributed by atoms with Gasteiger partial charge in [0.15, 0.2) is 11.5 Å². The van der Waals surface area contributed by atoms with Crippen LogP contribution in [0, 0.1) is 0 Å². The van der Waals surface area contributed by atoms with Gasteiger partial charge in [0.05, 0.1) is 21.3 Å². The standard InChI is InChI=1S/C24H29NO5/c1-6-19-18(17-9-7-8-10-20(17)30-19)15-25(2)22(26)14-12-16-11-13-21(27-3)24(29-5)23(16)28-4/h7-11,13H,6,12,14-15H2,1-5H3. The third-order valence-electron chi connectivity index (χ3n) is 5.32. The molecular weight excluding hydrogens is 382 g/mol. The van der Waals surface area contributed by atoms with Gasteiger partial charge in [-0.2, -0.15) is 0 Å². The summed E-state index contributed by atoms with van der Waals surface area (Å²) in [6.45, 7) is 2.58. The molecule has 1 heterocycles. The molecule has 30 heavy (non-hydrogen) atoms. The number of hydrogen-bond acceptors (Lipinski definition) is 5. The Labute approximate surface area is 177 Å². The van der Waals surface area contributed by atoms with Crippen LogP contribution in [0.2, 0.25) is 0 Å². The molecule has 0 saturated heterocycles. The molecule has 0 fully saturated rings. The van der Waals surface area contributed by atoms with Crippen LogP contribution in [0.3, 0.4) is 0 Å². The largest absolute Gasteiger partial charge is 0.493 e. The molecule has 0 aliphatic heterocycles. The fourth-order valence-electron chi connectivity index (χ4n) is 3.73. The Kier molecular flexibility index (Phi) is 6.87. The molecule has 6 heteroatoms. The number of methoxy groups -OCH3 is 3. The minimum absolute atomic E-state index is 0.0548. The Morgan fingerprint density at radius 1 is 1.00 bits per heavy atom. The van der Waals surface area contributed by atoms with Crippen molar-refractivity contribution in [1.29, 1.82) is 0 Å². The summed E-state index contributed by atoms with van der Waals surface area (Å²) >= 11 is 0. The van der Waals surface area contributed by atoms with Gasteiger partial charge >= 0.3 is 0 Å². The summed E-state index contributed by atoms with van der Waals surface area (Å²) in [5.74, 6) is 2.72. The van der Waals surface area contributed by atoms with Crippen LogP contribution < -0.4 is 14.2 Å². The average Bonchev–Trinajstić information content (AvgIpc) is 3.13. The molecule has 3 rings (SSSR count). The van der Waals surface area contributed by atoms with Gasteiger partial charge < -0.3 is 23.5 Å². The number of carbonyl (C=O) groups excluding carboxylic acids is 1. The van der Waals surface area contributed by atoms with Crippen LogP contribution >= 0.6 is 0 Å². The highest BCUT2D eigenvalue weighted by Crippen LogP contribution is 2.40. The summed E-state index contributed by atoms with van der Waals surface area (Å²) in [7, 11) is 6.57. The lowest BCUT2D eigenvalue weighted by Crippen LogP contribution is -2.26. The first-order valence-electron chi connectivity index (χ1n) is 10.0. The maximum absolute atomic E-state index is 12.9. The SMILES string of the molecule is CCc1oc2ccccc2c1CN(C)C(=O)CCc1ccc(OC)c(OC)c1OC. The number of benzene rings is 2. The summed E-state index contributed by atoms with van der Waals surface area (Å²) in [4.78, 5) is 14.6. The predicted molar refractivity (Wildman–Crippen MR) is 116 cm³/mol. The van der Waals surface area contributed by atoms with Gasteiger partial charge in [-0.1, -0.05) is 31.2 Å². The van der Waals surface area contributed by atoms with Crippen molar-refractivity contribution in [3.63, 3.8) is 0 Å². The number of para-hydroxylation sites is 1. The van der Waals surface area contributed by atoms with Crippen molar-refractivity contribution in [1.82, 2.24) is 4.90 Å². The van der Waals surface area contributed by atoms with Crippen LogP contribution in [0.4, 0.5) is 0 Å². The van der Waals surface area contributed by atoms with Gasteiger partial charge in [-0.15, -0.1) is 0 Å². The molecule has 3 aromatic rings. The van der Waals surface area contributed by atoms with Crippen LogP contribution in [0.25, 0.3) is 11.0 Å². The lowest BCUT2D eigenvalue weighted by molar-refractivity contribution is -0.130. The maximum Gasteiger partial charge on any atom is 0.222 e. The van der Waals surface area contributed by atoms with Crippen molar-refractivity contribution in [3.8, 4) is 17.2 Å². The van der Waals surface area contributed by atoms with E-state index in [9.17, 15) is 4.79 Å². The average molecular weight is 411 g/mol. The molecule has 0 aliphatic carbocycles. The van der Waals surface area contributed by atoms with Crippen LogP contribution in [0.5, 0.6) is 17.2 Å². The lowest BCUT2D eigenvalue weighted by Gasteiger charge is -2.19. The fraction of sp³-hybridized carbons (Fsp3) is 0.375. The number of amides is 1. The van der Waals surface area contributed by atoms with E-state index in [0.29, 0.717) is 36.6 Å². The van der Waals surface area contributed by atoms with Crippen LogP contribution in [-0.2, 0) is 24.2 Å². The van der Waals surface area contributed by atoms with Gasteiger partial charge in [0.1, 0.15) is 11.3 Å². The van der Waals surface area contributed by atoms with Crippen LogP contribution in [0.15, 0.2) is 40.8 Å². The normalized spacial score (nSPS) is 10.8. The van der Waals surface area contributed by atoms with E-state index < -0.39 is 0 Å². The van der Waals surface area contributed by atoms with E-state index in [1.165, 1.54) is 0 Å². The topological polar surface area (TPSA) is 61.1 Å². The zero-order valence-electron chi connectivity index (χ0n) is 18.3. The van der Waals surface area contributed by atoms with E-state index >= 15 is 0 Å². The monoisotopic (exact) mass is 411 g/mol. The Morgan fingerprint density at radius 2 is 1.73 bits per heavy atom. The minimum atomic E-state index is 0.0548. The van der Waals surface area contributed by atoms with Crippen molar-refractivity contribution in [3.05, 3.63) is 53.3 Å². The summed E-state index contributed by atoms with van der Waals surface area (Å²) in [6, 6.07) is 11.7. The summed E-state index contributed by atoms with van der Waals surface area (Å²) < 4.78 is 22.2. The molecule has 0 saturated carbocycles. The van der Waals surface area contributed by atoms with E-state index in [2.05, 4.69) is 6.92 Å². The van der Waals surface area contributed by atoms with Gasteiger partial charge in [-0.25, -0.2) is 0 Å². The lowest BCUT2D eigenvalue weighted by atomic mass is 10.1. The number of ether oxygens (including phenoxy) is 3. The van der Waals surface area contributed by atoms with Gasteiger partial charge in [0.25, 0.3) is 0 Å².